The molecule has 1 saturated heterocycles. The summed E-state index contributed by atoms with van der Waals surface area (Å²) < 4.78 is 0. The summed E-state index contributed by atoms with van der Waals surface area (Å²) in [6.45, 7) is 8.28. The van der Waals surface area contributed by atoms with Gasteiger partial charge in [-0.25, -0.2) is 0 Å². The fourth-order valence-electron chi connectivity index (χ4n) is 2.02. The molecule has 0 radical (unpaired) electrons. The zero-order valence-electron chi connectivity index (χ0n) is 11.2. The molecule has 1 N–H and O–H groups in total. The molecule has 1 atom stereocenters. The number of amides is 2. The van der Waals surface area contributed by atoms with E-state index in [0.29, 0.717) is 0 Å². The maximum Gasteiger partial charge on any atom is 0.242 e. The van der Waals surface area contributed by atoms with Crippen LogP contribution in [0.2, 0.25) is 0 Å². The molecule has 5 nitrogen and oxygen atoms in total. The van der Waals surface area contributed by atoms with Gasteiger partial charge in [-0.1, -0.05) is 13.8 Å². The van der Waals surface area contributed by atoms with Gasteiger partial charge in [-0.3, -0.25) is 9.59 Å². The second-order valence-corrected chi connectivity index (χ2v) is 4.99. The van der Waals surface area contributed by atoms with Gasteiger partial charge in [-0.2, -0.15) is 0 Å². The highest BCUT2D eigenvalue weighted by atomic mass is 16.2. The van der Waals surface area contributed by atoms with Gasteiger partial charge >= 0.3 is 0 Å². The molecule has 0 aromatic rings. The first-order valence-electron chi connectivity index (χ1n) is 6.18. The Balaban J connectivity index is 2.50. The van der Waals surface area contributed by atoms with Crippen LogP contribution < -0.4 is 5.32 Å². The van der Waals surface area contributed by atoms with E-state index in [1.165, 1.54) is 4.90 Å². The molecule has 0 bridgehead atoms. The molecule has 1 rings (SSSR count). The van der Waals surface area contributed by atoms with Crippen LogP contribution >= 0.6 is 0 Å². The lowest BCUT2D eigenvalue weighted by molar-refractivity contribution is -0.142. The van der Waals surface area contributed by atoms with Crippen molar-refractivity contribution in [2.24, 2.45) is 5.92 Å². The number of nitrogens with one attached hydrogen (secondary N) is 1. The Kier molecular flexibility index (Phi) is 4.93. The molecule has 98 valence electrons. The van der Waals surface area contributed by atoms with E-state index in [2.05, 4.69) is 5.32 Å². The number of carbonyl (C=O) groups excluding carboxylic acids is 2. The van der Waals surface area contributed by atoms with Crippen molar-refractivity contribution in [3.05, 3.63) is 0 Å². The van der Waals surface area contributed by atoms with Gasteiger partial charge in [0.05, 0.1) is 6.54 Å². The molecule has 0 unspecified atom stereocenters. The zero-order chi connectivity index (χ0) is 13.0. The van der Waals surface area contributed by atoms with Gasteiger partial charge in [0.1, 0.15) is 0 Å². The largest absolute Gasteiger partial charge is 0.336 e. The number of hydrogen-bond donors (Lipinski definition) is 1. The van der Waals surface area contributed by atoms with Gasteiger partial charge in [0, 0.05) is 38.6 Å². The fourth-order valence-corrected chi connectivity index (χ4v) is 2.02. The number of carbonyl (C=O) groups is 2. The topological polar surface area (TPSA) is 52.7 Å². The van der Waals surface area contributed by atoms with Crippen LogP contribution in [0.5, 0.6) is 0 Å². The van der Waals surface area contributed by atoms with Gasteiger partial charge < -0.3 is 15.1 Å². The summed E-state index contributed by atoms with van der Waals surface area (Å²) in [5, 5.41) is 3.24. The fraction of sp³-hybridized carbons (Fsp3) is 0.833. The second-order valence-electron chi connectivity index (χ2n) is 4.99. The molecule has 0 aliphatic carbocycles. The van der Waals surface area contributed by atoms with Crippen LogP contribution in [0.4, 0.5) is 0 Å². The molecule has 1 heterocycles. The molecule has 0 aromatic heterocycles. The summed E-state index contributed by atoms with van der Waals surface area (Å²) in [5.74, 6) is -0.00937. The molecule has 0 spiro atoms. The Bertz CT molecular complexity index is 291. The smallest absolute Gasteiger partial charge is 0.242 e. The number of likely N-dealkylation sites (N-methyl/N-ethyl adjacent to an activating group) is 1. The molecule has 1 aliphatic heterocycles. The van der Waals surface area contributed by atoms with Gasteiger partial charge in [0.2, 0.25) is 11.8 Å². The van der Waals surface area contributed by atoms with Crippen molar-refractivity contribution >= 4 is 11.8 Å². The normalized spacial score (nSPS) is 20.5. The van der Waals surface area contributed by atoms with Crippen LogP contribution in [0.25, 0.3) is 0 Å². The predicted molar refractivity (Wildman–Crippen MR) is 66.5 cm³/mol. The first-order chi connectivity index (χ1) is 7.93. The lowest BCUT2D eigenvalue weighted by Crippen LogP contribution is -2.54. The third-order valence-electron chi connectivity index (χ3n) is 3.06. The lowest BCUT2D eigenvalue weighted by Gasteiger charge is -2.35. The van der Waals surface area contributed by atoms with Crippen LogP contribution in [-0.4, -0.2) is 60.9 Å². The van der Waals surface area contributed by atoms with E-state index in [1.807, 2.05) is 25.7 Å². The monoisotopic (exact) mass is 241 g/mol. The summed E-state index contributed by atoms with van der Waals surface area (Å²) in [7, 11) is 1.69. The summed E-state index contributed by atoms with van der Waals surface area (Å²) in [5.41, 5.74) is 0. The highest BCUT2D eigenvalue weighted by Crippen LogP contribution is 2.05. The number of piperazine rings is 1. The Morgan fingerprint density at radius 2 is 2.12 bits per heavy atom. The van der Waals surface area contributed by atoms with Crippen LogP contribution in [0.3, 0.4) is 0 Å². The second kappa shape index (κ2) is 6.00. The minimum absolute atomic E-state index is 0.0149. The average Bonchev–Trinajstić information content (AvgIpc) is 2.28. The Labute approximate surface area is 103 Å². The Morgan fingerprint density at radius 1 is 1.47 bits per heavy atom. The van der Waals surface area contributed by atoms with E-state index in [9.17, 15) is 9.59 Å². The summed E-state index contributed by atoms with van der Waals surface area (Å²) in [6, 6.07) is 0.207. The maximum absolute atomic E-state index is 12.1. The first kappa shape index (κ1) is 14.0. The molecule has 1 fully saturated rings. The van der Waals surface area contributed by atoms with Gasteiger partial charge in [-0.15, -0.1) is 0 Å². The molecule has 17 heavy (non-hydrogen) atoms. The van der Waals surface area contributed by atoms with E-state index in [-0.39, 0.29) is 30.3 Å². The first-order valence-corrected chi connectivity index (χ1v) is 6.18. The highest BCUT2D eigenvalue weighted by Gasteiger charge is 2.25. The Morgan fingerprint density at radius 3 is 2.65 bits per heavy atom. The summed E-state index contributed by atoms with van der Waals surface area (Å²) in [6.07, 6.45) is 0. The highest BCUT2D eigenvalue weighted by molar-refractivity contribution is 5.85. The van der Waals surface area contributed by atoms with Gasteiger partial charge in [0.15, 0.2) is 0 Å². The van der Waals surface area contributed by atoms with Gasteiger partial charge in [0.25, 0.3) is 0 Å². The third kappa shape index (κ3) is 3.70. The van der Waals surface area contributed by atoms with E-state index in [0.717, 1.165) is 19.6 Å². The number of rotatable bonds is 3. The van der Waals surface area contributed by atoms with Crippen molar-refractivity contribution in [3.8, 4) is 0 Å². The van der Waals surface area contributed by atoms with Crippen LogP contribution in [-0.2, 0) is 9.59 Å². The standard InChI is InChI=1S/C12H23N3O2/c1-9(2)12(17)14(4)8-11(16)15-6-5-13-7-10(15)3/h9-10,13H,5-8H2,1-4H3/t10-/m0/s1. The van der Waals surface area contributed by atoms with Crippen molar-refractivity contribution in [1.82, 2.24) is 15.1 Å². The minimum atomic E-state index is -0.0618. The molecular formula is C12H23N3O2. The minimum Gasteiger partial charge on any atom is -0.336 e. The quantitative estimate of drug-likeness (QED) is 0.752. The summed E-state index contributed by atoms with van der Waals surface area (Å²) in [4.78, 5) is 27.1. The lowest BCUT2D eigenvalue weighted by atomic mass is 10.2. The molecular weight excluding hydrogens is 218 g/mol. The zero-order valence-corrected chi connectivity index (χ0v) is 11.2. The predicted octanol–water partition coefficient (Wildman–Crippen LogP) is -0.0789. The van der Waals surface area contributed by atoms with Crippen molar-refractivity contribution in [1.29, 1.82) is 0 Å². The maximum atomic E-state index is 12.1. The van der Waals surface area contributed by atoms with Crippen molar-refractivity contribution in [2.75, 3.05) is 33.2 Å². The third-order valence-corrected chi connectivity index (χ3v) is 3.06. The van der Waals surface area contributed by atoms with E-state index >= 15 is 0 Å². The molecule has 0 saturated carbocycles. The summed E-state index contributed by atoms with van der Waals surface area (Å²) >= 11 is 0. The van der Waals surface area contributed by atoms with Crippen molar-refractivity contribution in [2.45, 2.75) is 26.8 Å². The van der Waals surface area contributed by atoms with Crippen LogP contribution in [0.1, 0.15) is 20.8 Å². The van der Waals surface area contributed by atoms with Crippen molar-refractivity contribution in [3.63, 3.8) is 0 Å². The van der Waals surface area contributed by atoms with Crippen LogP contribution in [0.15, 0.2) is 0 Å². The Hall–Kier alpha value is -1.10. The molecule has 2 amide bonds. The number of nitrogens with zero attached hydrogens (tertiary/aromatic N) is 2. The van der Waals surface area contributed by atoms with Crippen molar-refractivity contribution < 1.29 is 9.59 Å². The SMILES string of the molecule is CC(C)C(=O)N(C)CC(=O)N1CCNC[C@@H]1C. The molecule has 5 heteroatoms. The molecule has 0 aromatic carbocycles. The molecule has 1 aliphatic rings. The van der Waals surface area contributed by atoms with E-state index in [1.54, 1.807) is 7.05 Å². The van der Waals surface area contributed by atoms with E-state index < -0.39 is 0 Å². The van der Waals surface area contributed by atoms with Crippen LogP contribution in [0, 0.1) is 5.92 Å². The average molecular weight is 241 g/mol. The van der Waals surface area contributed by atoms with Gasteiger partial charge in [-0.05, 0) is 6.92 Å². The van der Waals surface area contributed by atoms with E-state index in [4.69, 9.17) is 0 Å². The number of hydrogen-bond acceptors (Lipinski definition) is 3.